The first-order valence-electron chi connectivity index (χ1n) is 7.31. The second kappa shape index (κ2) is 6.90. The molecule has 0 saturated heterocycles. The maximum Gasteiger partial charge on any atom is 0.165 e. The number of rotatable bonds is 6. The van der Waals surface area contributed by atoms with Crippen LogP contribution in [0.3, 0.4) is 0 Å². The summed E-state index contributed by atoms with van der Waals surface area (Å²) in [4.78, 5) is 0. The van der Waals surface area contributed by atoms with Crippen LogP contribution in [0.2, 0.25) is 0 Å². The van der Waals surface area contributed by atoms with Crippen LogP contribution in [0, 0.1) is 11.7 Å². The number of hydrogen-bond acceptors (Lipinski definition) is 2. The second-order valence-corrected chi connectivity index (χ2v) is 5.78. The van der Waals surface area contributed by atoms with Gasteiger partial charge < -0.3 is 10.1 Å². The van der Waals surface area contributed by atoms with Gasteiger partial charge in [-0.05, 0) is 44.2 Å². The Balaban J connectivity index is 2.02. The molecule has 0 aromatic heterocycles. The molecule has 0 aliphatic heterocycles. The van der Waals surface area contributed by atoms with Crippen LogP contribution in [0.25, 0.3) is 0 Å². The number of hydrogen-bond donors (Lipinski definition) is 1. The lowest BCUT2D eigenvalue weighted by Gasteiger charge is -2.18. The lowest BCUT2D eigenvalue weighted by atomic mass is 10.1. The number of para-hydroxylation sites is 1. The van der Waals surface area contributed by atoms with E-state index < -0.39 is 0 Å². The van der Waals surface area contributed by atoms with E-state index in [0.717, 1.165) is 24.9 Å². The van der Waals surface area contributed by atoms with Crippen molar-refractivity contribution < 1.29 is 9.13 Å². The quantitative estimate of drug-likeness (QED) is 0.842. The molecule has 3 heteroatoms. The molecule has 0 spiro atoms. The minimum absolute atomic E-state index is 0.195. The zero-order chi connectivity index (χ0) is 13.7. The van der Waals surface area contributed by atoms with Gasteiger partial charge in [0.2, 0.25) is 0 Å². The summed E-state index contributed by atoms with van der Waals surface area (Å²) in [6.45, 7) is 5.92. The Morgan fingerprint density at radius 2 is 2.05 bits per heavy atom. The van der Waals surface area contributed by atoms with Crippen LogP contribution in [0.5, 0.6) is 5.75 Å². The molecule has 0 radical (unpaired) electrons. The molecule has 1 aliphatic carbocycles. The van der Waals surface area contributed by atoms with Crippen LogP contribution in [0.15, 0.2) is 18.2 Å². The summed E-state index contributed by atoms with van der Waals surface area (Å²) < 4.78 is 19.8. The Labute approximate surface area is 115 Å². The molecular weight excluding hydrogens is 241 g/mol. The van der Waals surface area contributed by atoms with Crippen molar-refractivity contribution in [1.82, 2.24) is 5.32 Å². The Morgan fingerprint density at radius 3 is 2.74 bits per heavy atom. The van der Waals surface area contributed by atoms with Crippen LogP contribution in [0.1, 0.15) is 45.1 Å². The molecule has 1 aromatic rings. The highest BCUT2D eigenvalue weighted by atomic mass is 19.1. The molecule has 1 aromatic carbocycles. The first-order chi connectivity index (χ1) is 9.16. The van der Waals surface area contributed by atoms with Crippen LogP contribution in [-0.2, 0) is 6.54 Å². The van der Waals surface area contributed by atoms with E-state index in [0.29, 0.717) is 18.2 Å². The van der Waals surface area contributed by atoms with Crippen LogP contribution < -0.4 is 10.1 Å². The zero-order valence-electron chi connectivity index (χ0n) is 11.9. The van der Waals surface area contributed by atoms with Gasteiger partial charge in [-0.1, -0.05) is 26.0 Å². The van der Waals surface area contributed by atoms with E-state index in [1.165, 1.54) is 18.9 Å². The van der Waals surface area contributed by atoms with E-state index in [9.17, 15) is 4.39 Å². The van der Waals surface area contributed by atoms with Gasteiger partial charge in [0.25, 0.3) is 0 Å². The Bertz CT molecular complexity index is 400. The van der Waals surface area contributed by atoms with Crippen molar-refractivity contribution in [3.8, 4) is 5.75 Å². The summed E-state index contributed by atoms with van der Waals surface area (Å²) in [6, 6.07) is 5.18. The van der Waals surface area contributed by atoms with Gasteiger partial charge in [0.05, 0.1) is 6.10 Å². The average Bonchev–Trinajstić information content (AvgIpc) is 2.85. The number of ether oxygens (including phenoxy) is 1. The maximum atomic E-state index is 13.9. The van der Waals surface area contributed by atoms with Crippen LogP contribution in [-0.4, -0.2) is 12.6 Å². The molecule has 1 aliphatic rings. The lowest BCUT2D eigenvalue weighted by Crippen LogP contribution is -2.21. The molecule has 1 saturated carbocycles. The SMILES string of the molecule is CC(C)CNCc1cccc(F)c1OC1CCCC1. The summed E-state index contributed by atoms with van der Waals surface area (Å²) in [6.07, 6.45) is 4.68. The Morgan fingerprint density at radius 1 is 1.32 bits per heavy atom. The molecule has 1 fully saturated rings. The molecule has 2 rings (SSSR count). The van der Waals surface area contributed by atoms with Gasteiger partial charge >= 0.3 is 0 Å². The smallest absolute Gasteiger partial charge is 0.165 e. The van der Waals surface area contributed by atoms with Crippen molar-refractivity contribution in [3.63, 3.8) is 0 Å². The Hall–Kier alpha value is -1.09. The fourth-order valence-corrected chi connectivity index (χ4v) is 2.49. The maximum absolute atomic E-state index is 13.9. The summed E-state index contributed by atoms with van der Waals surface area (Å²) in [5, 5.41) is 3.35. The van der Waals surface area contributed by atoms with E-state index in [1.807, 2.05) is 6.07 Å². The third-order valence-electron chi connectivity index (χ3n) is 3.50. The number of benzene rings is 1. The van der Waals surface area contributed by atoms with Gasteiger partial charge in [0, 0.05) is 12.1 Å². The van der Waals surface area contributed by atoms with Gasteiger partial charge in [-0.25, -0.2) is 4.39 Å². The molecule has 1 N–H and O–H groups in total. The molecule has 106 valence electrons. The minimum atomic E-state index is -0.240. The highest BCUT2D eigenvalue weighted by molar-refractivity contribution is 5.35. The summed E-state index contributed by atoms with van der Waals surface area (Å²) in [5.74, 6) is 0.800. The normalized spacial score (nSPS) is 16.2. The molecule has 0 bridgehead atoms. The highest BCUT2D eigenvalue weighted by Gasteiger charge is 2.20. The predicted molar refractivity (Wildman–Crippen MR) is 75.8 cm³/mol. The summed E-state index contributed by atoms with van der Waals surface area (Å²) in [5.41, 5.74) is 0.924. The van der Waals surface area contributed by atoms with Gasteiger partial charge in [-0.15, -0.1) is 0 Å². The molecular formula is C16H24FNO. The molecule has 2 nitrogen and oxygen atoms in total. The molecule has 0 atom stereocenters. The summed E-state index contributed by atoms with van der Waals surface area (Å²) in [7, 11) is 0. The Kier molecular flexibility index (Phi) is 5.20. The van der Waals surface area contributed by atoms with Crippen molar-refractivity contribution in [2.45, 2.75) is 52.2 Å². The number of halogens is 1. The van der Waals surface area contributed by atoms with E-state index in [2.05, 4.69) is 19.2 Å². The average molecular weight is 265 g/mol. The van der Waals surface area contributed by atoms with Crippen molar-refractivity contribution >= 4 is 0 Å². The minimum Gasteiger partial charge on any atom is -0.487 e. The first kappa shape index (κ1) is 14.3. The predicted octanol–water partition coefficient (Wildman–Crippen LogP) is 3.89. The second-order valence-electron chi connectivity index (χ2n) is 5.78. The monoisotopic (exact) mass is 265 g/mol. The third-order valence-corrected chi connectivity index (χ3v) is 3.50. The van der Waals surface area contributed by atoms with E-state index in [1.54, 1.807) is 6.07 Å². The van der Waals surface area contributed by atoms with Crippen molar-refractivity contribution in [2.24, 2.45) is 5.92 Å². The van der Waals surface area contributed by atoms with Crippen LogP contribution in [0.4, 0.5) is 4.39 Å². The first-order valence-corrected chi connectivity index (χ1v) is 7.31. The van der Waals surface area contributed by atoms with Gasteiger partial charge in [-0.3, -0.25) is 0 Å². The van der Waals surface area contributed by atoms with Crippen molar-refractivity contribution in [2.75, 3.05) is 6.54 Å². The topological polar surface area (TPSA) is 21.3 Å². The van der Waals surface area contributed by atoms with E-state index in [4.69, 9.17) is 4.74 Å². The van der Waals surface area contributed by atoms with E-state index >= 15 is 0 Å². The standard InChI is InChI=1S/C16H24FNO/c1-12(2)10-18-11-13-6-5-9-15(17)16(13)19-14-7-3-4-8-14/h5-6,9,12,14,18H,3-4,7-8,10-11H2,1-2H3. The third kappa shape index (κ3) is 4.20. The van der Waals surface area contributed by atoms with Gasteiger partial charge in [0.15, 0.2) is 11.6 Å². The molecule has 19 heavy (non-hydrogen) atoms. The van der Waals surface area contributed by atoms with Gasteiger partial charge in [-0.2, -0.15) is 0 Å². The highest BCUT2D eigenvalue weighted by Crippen LogP contribution is 2.29. The lowest BCUT2D eigenvalue weighted by molar-refractivity contribution is 0.198. The summed E-state index contributed by atoms with van der Waals surface area (Å²) >= 11 is 0. The largest absolute Gasteiger partial charge is 0.487 e. The van der Waals surface area contributed by atoms with Crippen LogP contribution >= 0.6 is 0 Å². The molecule has 0 heterocycles. The fraction of sp³-hybridized carbons (Fsp3) is 0.625. The molecule has 0 unspecified atom stereocenters. The van der Waals surface area contributed by atoms with Crippen molar-refractivity contribution in [3.05, 3.63) is 29.6 Å². The molecule has 0 amide bonds. The zero-order valence-corrected chi connectivity index (χ0v) is 11.9. The van der Waals surface area contributed by atoms with Gasteiger partial charge in [0.1, 0.15) is 0 Å². The van der Waals surface area contributed by atoms with Crippen molar-refractivity contribution in [1.29, 1.82) is 0 Å². The fourth-order valence-electron chi connectivity index (χ4n) is 2.49. The number of nitrogens with one attached hydrogen (secondary N) is 1. The van der Waals surface area contributed by atoms with E-state index in [-0.39, 0.29) is 11.9 Å².